The van der Waals surface area contributed by atoms with Gasteiger partial charge in [0.25, 0.3) is 0 Å². The number of nitrogens with two attached hydrogens (primary N) is 1. The summed E-state index contributed by atoms with van der Waals surface area (Å²) in [4.78, 5) is 0. The summed E-state index contributed by atoms with van der Waals surface area (Å²) in [6, 6.07) is 3.92. The molecule has 0 heterocycles. The van der Waals surface area contributed by atoms with Crippen LogP contribution in [0.2, 0.25) is 0 Å². The highest BCUT2D eigenvalue weighted by Crippen LogP contribution is 2.34. The third-order valence-corrected chi connectivity index (χ3v) is 3.65. The average Bonchev–Trinajstić information content (AvgIpc) is 2.53. The van der Waals surface area contributed by atoms with Crippen LogP contribution in [-0.4, -0.2) is 11.7 Å². The molecule has 0 aliphatic heterocycles. The third-order valence-electron chi connectivity index (χ3n) is 3.65. The van der Waals surface area contributed by atoms with Crippen LogP contribution in [0.3, 0.4) is 0 Å². The summed E-state index contributed by atoms with van der Waals surface area (Å²) < 4.78 is 0. The van der Waals surface area contributed by atoms with Crippen LogP contribution >= 0.6 is 0 Å². The zero-order chi connectivity index (χ0) is 11.5. The fraction of sp³-hybridized carbons (Fsp3) is 0.571. The Balaban J connectivity index is 2.48. The first-order valence-electron chi connectivity index (χ1n) is 6.27. The Morgan fingerprint density at radius 2 is 2.00 bits per heavy atom. The molecule has 1 unspecified atom stereocenters. The minimum Gasteiger partial charge on any atom is -0.508 e. The molecule has 1 atom stereocenters. The monoisotopic (exact) mass is 219 g/mol. The van der Waals surface area contributed by atoms with Gasteiger partial charge in [0.05, 0.1) is 0 Å². The van der Waals surface area contributed by atoms with Gasteiger partial charge in [-0.3, -0.25) is 0 Å². The summed E-state index contributed by atoms with van der Waals surface area (Å²) in [7, 11) is 0. The van der Waals surface area contributed by atoms with E-state index in [1.165, 1.54) is 30.4 Å². The molecule has 1 aliphatic carbocycles. The van der Waals surface area contributed by atoms with Crippen molar-refractivity contribution < 1.29 is 5.11 Å². The average molecular weight is 219 g/mol. The molecule has 1 aliphatic rings. The quantitative estimate of drug-likeness (QED) is 0.751. The van der Waals surface area contributed by atoms with Crippen LogP contribution in [0.25, 0.3) is 0 Å². The smallest absolute Gasteiger partial charge is 0.119 e. The molecule has 88 valence electrons. The van der Waals surface area contributed by atoms with E-state index < -0.39 is 0 Å². The van der Waals surface area contributed by atoms with Crippen molar-refractivity contribution in [3.05, 3.63) is 28.8 Å². The van der Waals surface area contributed by atoms with Gasteiger partial charge in [-0.1, -0.05) is 19.4 Å². The number of aryl methyl sites for hydroxylation is 1. The molecule has 2 heteroatoms. The maximum atomic E-state index is 10.0. The Bertz CT molecular complexity index is 373. The van der Waals surface area contributed by atoms with Gasteiger partial charge < -0.3 is 10.8 Å². The van der Waals surface area contributed by atoms with Crippen LogP contribution in [-0.2, 0) is 12.8 Å². The lowest BCUT2D eigenvalue weighted by atomic mass is 9.89. The second-order valence-electron chi connectivity index (χ2n) is 4.83. The van der Waals surface area contributed by atoms with Gasteiger partial charge in [0.2, 0.25) is 0 Å². The summed E-state index contributed by atoms with van der Waals surface area (Å²) >= 11 is 0. The molecule has 0 aromatic heterocycles. The molecular weight excluding hydrogens is 198 g/mol. The first-order valence-corrected chi connectivity index (χ1v) is 6.27. The first-order chi connectivity index (χ1) is 7.74. The van der Waals surface area contributed by atoms with E-state index in [1.54, 1.807) is 0 Å². The molecule has 1 aromatic rings. The molecule has 0 bridgehead atoms. The SMILES string of the molecule is CC(CN)c1c(O)ccc2c1CCCCC2. The maximum Gasteiger partial charge on any atom is 0.119 e. The molecule has 1 aromatic carbocycles. The van der Waals surface area contributed by atoms with Gasteiger partial charge in [0.1, 0.15) is 5.75 Å². The molecule has 0 saturated heterocycles. The van der Waals surface area contributed by atoms with Crippen LogP contribution in [0.5, 0.6) is 5.75 Å². The Kier molecular flexibility index (Phi) is 3.49. The lowest BCUT2D eigenvalue weighted by Gasteiger charge is -2.18. The predicted octanol–water partition coefficient (Wildman–Crippen LogP) is 2.72. The van der Waals surface area contributed by atoms with Crippen LogP contribution in [0.15, 0.2) is 12.1 Å². The van der Waals surface area contributed by atoms with E-state index in [9.17, 15) is 5.11 Å². The second kappa shape index (κ2) is 4.88. The van der Waals surface area contributed by atoms with Crippen molar-refractivity contribution in [2.75, 3.05) is 6.54 Å². The van der Waals surface area contributed by atoms with Gasteiger partial charge in [-0.25, -0.2) is 0 Å². The normalized spacial score (nSPS) is 17.6. The van der Waals surface area contributed by atoms with E-state index >= 15 is 0 Å². The number of fused-ring (bicyclic) bond motifs is 1. The van der Waals surface area contributed by atoms with E-state index in [0.29, 0.717) is 12.3 Å². The van der Waals surface area contributed by atoms with Crippen LogP contribution in [0.1, 0.15) is 48.8 Å². The van der Waals surface area contributed by atoms with Crippen molar-refractivity contribution in [3.63, 3.8) is 0 Å². The van der Waals surface area contributed by atoms with Crippen LogP contribution in [0.4, 0.5) is 0 Å². The molecule has 2 rings (SSSR count). The summed E-state index contributed by atoms with van der Waals surface area (Å²) in [5, 5.41) is 10.0. The molecule has 0 amide bonds. The minimum absolute atomic E-state index is 0.257. The van der Waals surface area contributed by atoms with Crippen molar-refractivity contribution >= 4 is 0 Å². The second-order valence-corrected chi connectivity index (χ2v) is 4.83. The fourth-order valence-electron chi connectivity index (χ4n) is 2.69. The number of phenols is 1. The molecule has 0 saturated carbocycles. The summed E-state index contributed by atoms with van der Waals surface area (Å²) in [6.45, 7) is 2.70. The highest BCUT2D eigenvalue weighted by molar-refractivity contribution is 5.47. The van der Waals surface area contributed by atoms with Crippen molar-refractivity contribution in [3.8, 4) is 5.75 Å². The van der Waals surface area contributed by atoms with Crippen molar-refractivity contribution in [1.82, 2.24) is 0 Å². The number of rotatable bonds is 2. The number of phenolic OH excluding ortho intramolecular Hbond substituents is 1. The Hall–Kier alpha value is -1.02. The van der Waals surface area contributed by atoms with Crippen molar-refractivity contribution in [1.29, 1.82) is 0 Å². The molecule has 3 N–H and O–H groups in total. The van der Waals surface area contributed by atoms with E-state index in [-0.39, 0.29) is 5.92 Å². The van der Waals surface area contributed by atoms with Gasteiger partial charge in [0.15, 0.2) is 0 Å². The largest absolute Gasteiger partial charge is 0.508 e. The Morgan fingerprint density at radius 3 is 2.75 bits per heavy atom. The van der Waals surface area contributed by atoms with Gasteiger partial charge in [-0.05, 0) is 55.3 Å². The van der Waals surface area contributed by atoms with E-state index in [1.807, 2.05) is 6.07 Å². The maximum absolute atomic E-state index is 10.0. The summed E-state index contributed by atoms with van der Waals surface area (Å²) in [5.41, 5.74) is 9.63. The zero-order valence-corrected chi connectivity index (χ0v) is 10.00. The zero-order valence-electron chi connectivity index (χ0n) is 10.00. The first kappa shape index (κ1) is 11.5. The van der Waals surface area contributed by atoms with Crippen molar-refractivity contribution in [2.45, 2.75) is 44.9 Å². The summed E-state index contributed by atoms with van der Waals surface area (Å²) in [6.07, 6.45) is 6.06. The van der Waals surface area contributed by atoms with Crippen LogP contribution in [0, 0.1) is 0 Å². The number of benzene rings is 1. The van der Waals surface area contributed by atoms with Gasteiger partial charge >= 0.3 is 0 Å². The highest BCUT2D eigenvalue weighted by atomic mass is 16.3. The lowest BCUT2D eigenvalue weighted by molar-refractivity contribution is 0.461. The molecular formula is C14H21NO. The third kappa shape index (κ3) is 2.07. The standard InChI is InChI=1S/C14H21NO/c1-10(9-15)14-12-6-4-2-3-5-11(12)7-8-13(14)16/h7-8,10,16H,2-6,9,15H2,1H3. The summed E-state index contributed by atoms with van der Waals surface area (Å²) in [5.74, 6) is 0.687. The van der Waals surface area contributed by atoms with E-state index in [2.05, 4.69) is 13.0 Å². The minimum atomic E-state index is 0.257. The Morgan fingerprint density at radius 1 is 1.25 bits per heavy atom. The molecule has 0 radical (unpaired) electrons. The van der Waals surface area contributed by atoms with Gasteiger partial charge in [-0.2, -0.15) is 0 Å². The number of hydrogen-bond acceptors (Lipinski definition) is 2. The van der Waals surface area contributed by atoms with Crippen molar-refractivity contribution in [2.24, 2.45) is 5.73 Å². The van der Waals surface area contributed by atoms with E-state index in [4.69, 9.17) is 5.73 Å². The highest BCUT2D eigenvalue weighted by Gasteiger charge is 2.18. The van der Waals surface area contributed by atoms with E-state index in [0.717, 1.165) is 18.4 Å². The predicted molar refractivity (Wildman–Crippen MR) is 66.8 cm³/mol. The fourth-order valence-corrected chi connectivity index (χ4v) is 2.69. The molecule has 0 spiro atoms. The van der Waals surface area contributed by atoms with Gasteiger partial charge in [-0.15, -0.1) is 0 Å². The lowest BCUT2D eigenvalue weighted by Crippen LogP contribution is -2.12. The molecule has 2 nitrogen and oxygen atoms in total. The molecule has 0 fully saturated rings. The number of hydrogen-bond donors (Lipinski definition) is 2. The Labute approximate surface area is 97.5 Å². The number of aromatic hydroxyl groups is 1. The van der Waals surface area contributed by atoms with Gasteiger partial charge in [0, 0.05) is 5.56 Å². The molecule has 16 heavy (non-hydrogen) atoms. The topological polar surface area (TPSA) is 46.2 Å². The van der Waals surface area contributed by atoms with Crippen LogP contribution < -0.4 is 5.73 Å².